The summed E-state index contributed by atoms with van der Waals surface area (Å²) >= 11 is 0. The van der Waals surface area contributed by atoms with Crippen molar-refractivity contribution in [1.82, 2.24) is 10.2 Å². The Hall–Kier alpha value is -3.54. The van der Waals surface area contributed by atoms with Gasteiger partial charge < -0.3 is 5.32 Å². The molecule has 3 aliphatic rings. The van der Waals surface area contributed by atoms with Crippen molar-refractivity contribution in [2.45, 2.75) is 31.0 Å². The minimum Gasteiger partial charge on any atom is -0.380 e. The number of amides is 4. The maximum absolute atomic E-state index is 12.9. The zero-order valence-corrected chi connectivity index (χ0v) is 14.2. The third-order valence-electron chi connectivity index (χ3n) is 4.80. The molecule has 1 unspecified atom stereocenters. The molecule has 9 heteroatoms. The van der Waals surface area contributed by atoms with Gasteiger partial charge in [-0.2, -0.15) is 10.2 Å². The molecule has 1 atom stereocenters. The van der Waals surface area contributed by atoms with Gasteiger partial charge in [0.25, 0.3) is 11.8 Å². The van der Waals surface area contributed by atoms with Gasteiger partial charge in [-0.1, -0.05) is 6.07 Å². The average Bonchev–Trinajstić information content (AvgIpc) is 3.36. The molecule has 0 bridgehead atoms. The summed E-state index contributed by atoms with van der Waals surface area (Å²) in [7, 11) is 0. The number of nitrogens with one attached hydrogen (secondary N) is 2. The first kappa shape index (κ1) is 16.9. The Morgan fingerprint density at radius 1 is 1.26 bits per heavy atom. The lowest BCUT2D eigenvalue weighted by Gasteiger charge is -2.27. The number of piperidine rings is 1. The number of fused-ring (bicyclic) bond motifs is 1. The van der Waals surface area contributed by atoms with Crippen molar-refractivity contribution in [3.05, 3.63) is 29.3 Å². The van der Waals surface area contributed by atoms with Crippen LogP contribution in [0.25, 0.3) is 0 Å². The number of hydrogen-bond donors (Lipinski definition) is 2. The molecule has 4 rings (SSSR count). The van der Waals surface area contributed by atoms with Crippen LogP contribution in [0.5, 0.6) is 0 Å². The number of rotatable bonds is 5. The van der Waals surface area contributed by atoms with Gasteiger partial charge in [0, 0.05) is 12.1 Å². The number of benzene rings is 1. The Labute approximate surface area is 154 Å². The van der Waals surface area contributed by atoms with Crippen LogP contribution < -0.4 is 10.6 Å². The number of imide groups is 2. The first-order chi connectivity index (χ1) is 13.0. The minimum atomic E-state index is -0.996. The third kappa shape index (κ3) is 2.75. The molecule has 1 aromatic rings. The summed E-state index contributed by atoms with van der Waals surface area (Å²) in [6, 6.07) is 3.86. The lowest BCUT2D eigenvalue weighted by molar-refractivity contribution is -0.136. The Kier molecular flexibility index (Phi) is 3.77. The zero-order valence-electron chi connectivity index (χ0n) is 14.2. The summed E-state index contributed by atoms with van der Waals surface area (Å²) in [5.74, 6) is 0.338. The molecule has 3 aliphatic heterocycles. The van der Waals surface area contributed by atoms with Gasteiger partial charge in [0.1, 0.15) is 6.04 Å². The van der Waals surface area contributed by atoms with E-state index < -0.39 is 35.3 Å². The summed E-state index contributed by atoms with van der Waals surface area (Å²) in [4.78, 5) is 50.1. The molecule has 0 aliphatic carbocycles. The molecule has 0 saturated carbocycles. The van der Waals surface area contributed by atoms with Gasteiger partial charge in [0.05, 0.1) is 24.1 Å². The van der Waals surface area contributed by atoms with Gasteiger partial charge in [0.15, 0.2) is 0 Å². The number of anilines is 1. The molecule has 1 saturated heterocycles. The molecule has 1 fully saturated rings. The maximum Gasteiger partial charge on any atom is 0.264 e. The van der Waals surface area contributed by atoms with Crippen molar-refractivity contribution < 1.29 is 19.2 Å². The maximum atomic E-state index is 12.9. The van der Waals surface area contributed by atoms with Crippen molar-refractivity contribution in [3.63, 3.8) is 0 Å². The molecule has 0 spiro atoms. The predicted octanol–water partition coefficient (Wildman–Crippen LogP) is 0.685. The second-order valence-corrected chi connectivity index (χ2v) is 6.59. The molecular formula is C18H15N5O4. The molecular weight excluding hydrogens is 350 g/mol. The number of carbonyl (C=O) groups excluding carboxylic acids is 4. The number of nitrogens with zero attached hydrogens (tertiary/aromatic N) is 3. The van der Waals surface area contributed by atoms with E-state index in [0.29, 0.717) is 18.7 Å². The monoisotopic (exact) mass is 365 g/mol. The molecule has 2 N–H and O–H groups in total. The van der Waals surface area contributed by atoms with Gasteiger partial charge in [-0.25, -0.2) is 0 Å². The van der Waals surface area contributed by atoms with E-state index in [1.165, 1.54) is 6.07 Å². The van der Waals surface area contributed by atoms with Crippen molar-refractivity contribution in [3.8, 4) is 12.3 Å². The summed E-state index contributed by atoms with van der Waals surface area (Å²) in [6.45, 7) is 0.299. The topological polar surface area (TPSA) is 120 Å². The van der Waals surface area contributed by atoms with E-state index in [1.54, 1.807) is 12.1 Å². The van der Waals surface area contributed by atoms with Crippen LogP contribution in [-0.2, 0) is 9.59 Å². The Bertz CT molecular complexity index is 955. The SMILES string of the molecule is C#CCC1(CNc2cccc3c2C(=O)N(C2CCC(=O)NC2=O)C3=O)N=N1. The van der Waals surface area contributed by atoms with E-state index in [-0.39, 0.29) is 24.0 Å². The normalized spacial score (nSPS) is 22.3. The molecule has 4 amide bonds. The largest absolute Gasteiger partial charge is 0.380 e. The molecule has 3 heterocycles. The van der Waals surface area contributed by atoms with Crippen LogP contribution in [0.4, 0.5) is 5.69 Å². The van der Waals surface area contributed by atoms with Crippen molar-refractivity contribution in [2.75, 3.05) is 11.9 Å². The van der Waals surface area contributed by atoms with Crippen molar-refractivity contribution in [2.24, 2.45) is 10.2 Å². The van der Waals surface area contributed by atoms with Crippen LogP contribution >= 0.6 is 0 Å². The van der Waals surface area contributed by atoms with Gasteiger partial charge >= 0.3 is 0 Å². The second kappa shape index (κ2) is 6.02. The van der Waals surface area contributed by atoms with Crippen LogP contribution in [0.15, 0.2) is 28.4 Å². The summed E-state index contributed by atoms with van der Waals surface area (Å²) in [5.41, 5.74) is 0.176. The fourth-order valence-electron chi connectivity index (χ4n) is 3.34. The average molecular weight is 365 g/mol. The van der Waals surface area contributed by atoms with Crippen LogP contribution in [0, 0.1) is 12.3 Å². The second-order valence-electron chi connectivity index (χ2n) is 6.59. The quantitative estimate of drug-likeness (QED) is 0.587. The van der Waals surface area contributed by atoms with Crippen LogP contribution in [0.3, 0.4) is 0 Å². The number of terminal acetylenes is 1. The van der Waals surface area contributed by atoms with Gasteiger partial charge in [0.2, 0.25) is 17.5 Å². The minimum absolute atomic E-state index is 0.0759. The first-order valence-electron chi connectivity index (χ1n) is 8.42. The van der Waals surface area contributed by atoms with E-state index in [4.69, 9.17) is 6.42 Å². The summed E-state index contributed by atoms with van der Waals surface area (Å²) < 4.78 is 0. The van der Waals surface area contributed by atoms with E-state index >= 15 is 0 Å². The van der Waals surface area contributed by atoms with Crippen molar-refractivity contribution >= 4 is 29.3 Å². The highest BCUT2D eigenvalue weighted by molar-refractivity contribution is 6.25. The highest BCUT2D eigenvalue weighted by atomic mass is 16.2. The fraction of sp³-hybridized carbons (Fsp3) is 0.333. The summed E-state index contributed by atoms with van der Waals surface area (Å²) in [5, 5.41) is 13.1. The van der Waals surface area contributed by atoms with Crippen LogP contribution in [0.2, 0.25) is 0 Å². The Morgan fingerprint density at radius 3 is 2.70 bits per heavy atom. The molecule has 27 heavy (non-hydrogen) atoms. The molecule has 136 valence electrons. The van der Waals surface area contributed by atoms with E-state index in [1.807, 2.05) is 0 Å². The molecule has 1 aromatic carbocycles. The number of hydrogen-bond acceptors (Lipinski definition) is 7. The number of carbonyl (C=O) groups is 4. The predicted molar refractivity (Wildman–Crippen MR) is 92.6 cm³/mol. The van der Waals surface area contributed by atoms with E-state index in [9.17, 15) is 19.2 Å². The molecule has 9 nitrogen and oxygen atoms in total. The van der Waals surface area contributed by atoms with Crippen molar-refractivity contribution in [1.29, 1.82) is 0 Å². The Morgan fingerprint density at radius 2 is 2.04 bits per heavy atom. The van der Waals surface area contributed by atoms with Gasteiger partial charge in [-0.3, -0.25) is 29.4 Å². The Balaban J connectivity index is 1.59. The van der Waals surface area contributed by atoms with Crippen LogP contribution in [0.1, 0.15) is 40.0 Å². The lowest BCUT2D eigenvalue weighted by atomic mass is 10.0. The smallest absolute Gasteiger partial charge is 0.264 e. The zero-order chi connectivity index (χ0) is 19.2. The summed E-state index contributed by atoms with van der Waals surface area (Å²) in [6.07, 6.45) is 5.84. The molecule has 0 aromatic heterocycles. The highest BCUT2D eigenvalue weighted by Gasteiger charge is 2.46. The van der Waals surface area contributed by atoms with Crippen LogP contribution in [-0.4, -0.2) is 46.8 Å². The van der Waals surface area contributed by atoms with Gasteiger partial charge in [-0.15, -0.1) is 12.3 Å². The highest BCUT2D eigenvalue weighted by Crippen LogP contribution is 2.35. The fourth-order valence-corrected chi connectivity index (χ4v) is 3.34. The third-order valence-corrected chi connectivity index (χ3v) is 4.80. The standard InChI is InChI=1S/C18H15N5O4/c1-2-8-18(21-22-18)9-19-11-5-3-4-10-14(11)17(27)23(16(10)26)12-6-7-13(24)20-15(12)25/h1,3-5,12,19H,6-9H2,(H,20,24,25). The lowest BCUT2D eigenvalue weighted by Crippen LogP contribution is -2.54. The van der Waals surface area contributed by atoms with Gasteiger partial charge in [-0.05, 0) is 18.6 Å². The van der Waals surface area contributed by atoms with E-state index in [0.717, 1.165) is 4.90 Å². The van der Waals surface area contributed by atoms with E-state index in [2.05, 4.69) is 26.8 Å². The first-order valence-corrected chi connectivity index (χ1v) is 8.42. The molecule has 0 radical (unpaired) electrons.